The molecular weight excluding hydrogens is 172 g/mol. The Morgan fingerprint density at radius 1 is 1.54 bits per heavy atom. The van der Waals surface area contributed by atoms with Crippen LogP contribution in [0.5, 0.6) is 0 Å². The third kappa shape index (κ3) is 3.59. The van der Waals surface area contributed by atoms with Crippen LogP contribution < -0.4 is 0 Å². The Morgan fingerprint density at radius 3 is 3.00 bits per heavy atom. The third-order valence-corrected chi connectivity index (χ3v) is 1.64. The molecule has 1 aromatic rings. The summed E-state index contributed by atoms with van der Waals surface area (Å²) in [4.78, 5) is 0. The lowest BCUT2D eigenvalue weighted by Crippen LogP contribution is -2.09. The van der Waals surface area contributed by atoms with Crippen LogP contribution in [-0.2, 0) is 9.47 Å². The van der Waals surface area contributed by atoms with Gasteiger partial charge in [-0.1, -0.05) is 0 Å². The molecule has 4 nitrogen and oxygen atoms in total. The summed E-state index contributed by atoms with van der Waals surface area (Å²) in [6, 6.07) is 1.71. The van der Waals surface area contributed by atoms with Crippen molar-refractivity contribution < 1.29 is 19.0 Å². The summed E-state index contributed by atoms with van der Waals surface area (Å²) in [5.41, 5.74) is 0.734. The van der Waals surface area contributed by atoms with E-state index in [1.165, 1.54) is 12.5 Å². The minimum atomic E-state index is -0.615. The van der Waals surface area contributed by atoms with Crippen molar-refractivity contribution in [2.75, 3.05) is 26.9 Å². The van der Waals surface area contributed by atoms with Gasteiger partial charge in [0.2, 0.25) is 0 Å². The molecule has 1 N–H and O–H groups in total. The Morgan fingerprint density at radius 2 is 2.38 bits per heavy atom. The van der Waals surface area contributed by atoms with Gasteiger partial charge in [-0.2, -0.15) is 0 Å². The summed E-state index contributed by atoms with van der Waals surface area (Å²) in [6.45, 7) is 1.30. The van der Waals surface area contributed by atoms with E-state index in [9.17, 15) is 5.11 Å². The number of hydrogen-bond donors (Lipinski definition) is 1. The van der Waals surface area contributed by atoms with Crippen LogP contribution in [0.25, 0.3) is 0 Å². The zero-order valence-electron chi connectivity index (χ0n) is 7.60. The highest BCUT2D eigenvalue weighted by molar-refractivity contribution is 5.08. The number of rotatable bonds is 6. The molecule has 0 bridgehead atoms. The molecule has 0 amide bonds. The fraction of sp³-hybridized carbons (Fsp3) is 0.556. The zero-order chi connectivity index (χ0) is 9.52. The van der Waals surface area contributed by atoms with Crippen LogP contribution in [0.4, 0.5) is 0 Å². The van der Waals surface area contributed by atoms with Gasteiger partial charge in [-0.15, -0.1) is 0 Å². The summed E-state index contributed by atoms with van der Waals surface area (Å²) in [5.74, 6) is 0. The third-order valence-electron chi connectivity index (χ3n) is 1.64. The second kappa shape index (κ2) is 5.75. The maximum absolute atomic E-state index is 9.48. The monoisotopic (exact) mass is 186 g/mol. The van der Waals surface area contributed by atoms with Gasteiger partial charge in [-0.25, -0.2) is 0 Å². The molecule has 1 aromatic heterocycles. The summed E-state index contributed by atoms with van der Waals surface area (Å²) in [7, 11) is 1.61. The molecule has 74 valence electrons. The van der Waals surface area contributed by atoms with Gasteiger partial charge in [0.05, 0.1) is 32.3 Å². The van der Waals surface area contributed by atoms with Crippen LogP contribution in [0.3, 0.4) is 0 Å². The molecule has 0 radical (unpaired) electrons. The Balaban J connectivity index is 2.15. The van der Waals surface area contributed by atoms with Gasteiger partial charge in [-0.3, -0.25) is 0 Å². The first-order valence-corrected chi connectivity index (χ1v) is 4.11. The first-order valence-electron chi connectivity index (χ1n) is 4.11. The molecule has 0 aliphatic carbocycles. The minimum Gasteiger partial charge on any atom is -0.472 e. The van der Waals surface area contributed by atoms with Gasteiger partial charge in [-0.05, 0) is 6.07 Å². The Hall–Kier alpha value is -0.840. The highest BCUT2D eigenvalue weighted by Gasteiger charge is 2.07. The topological polar surface area (TPSA) is 51.8 Å². The molecule has 0 aliphatic heterocycles. The molecule has 0 saturated carbocycles. The van der Waals surface area contributed by atoms with Crippen LogP contribution in [0.15, 0.2) is 23.0 Å². The molecule has 1 atom stereocenters. The number of furan rings is 1. The van der Waals surface area contributed by atoms with E-state index in [0.717, 1.165) is 5.56 Å². The SMILES string of the molecule is COCCOCC(O)c1ccoc1. The van der Waals surface area contributed by atoms with Gasteiger partial charge in [0.25, 0.3) is 0 Å². The molecule has 0 saturated heterocycles. The molecule has 1 heterocycles. The standard InChI is InChI=1S/C9H14O4/c1-11-4-5-13-7-9(10)8-2-3-12-6-8/h2-3,6,9-10H,4-5,7H2,1H3. The van der Waals surface area contributed by atoms with Crippen molar-refractivity contribution >= 4 is 0 Å². The van der Waals surface area contributed by atoms with E-state index in [1.54, 1.807) is 13.2 Å². The van der Waals surface area contributed by atoms with Crippen LogP contribution in [-0.4, -0.2) is 32.0 Å². The van der Waals surface area contributed by atoms with E-state index in [-0.39, 0.29) is 6.61 Å². The van der Waals surface area contributed by atoms with Gasteiger partial charge >= 0.3 is 0 Å². The van der Waals surface area contributed by atoms with Gasteiger partial charge in [0, 0.05) is 12.7 Å². The lowest BCUT2D eigenvalue weighted by Gasteiger charge is -2.08. The molecule has 0 aromatic carbocycles. The van der Waals surface area contributed by atoms with E-state index >= 15 is 0 Å². The second-order valence-corrected chi connectivity index (χ2v) is 2.64. The molecule has 0 spiro atoms. The lowest BCUT2D eigenvalue weighted by molar-refractivity contribution is 0.0124. The van der Waals surface area contributed by atoms with E-state index < -0.39 is 6.10 Å². The first-order chi connectivity index (χ1) is 6.34. The molecule has 4 heteroatoms. The van der Waals surface area contributed by atoms with E-state index in [4.69, 9.17) is 13.9 Å². The van der Waals surface area contributed by atoms with E-state index in [2.05, 4.69) is 0 Å². The normalized spacial score (nSPS) is 13.1. The van der Waals surface area contributed by atoms with Crippen LogP contribution in [0, 0.1) is 0 Å². The Bertz CT molecular complexity index is 207. The Kier molecular flexibility index (Phi) is 4.53. The molecule has 0 aliphatic rings. The quantitative estimate of drug-likeness (QED) is 0.673. The smallest absolute Gasteiger partial charge is 0.105 e. The fourth-order valence-corrected chi connectivity index (χ4v) is 0.898. The Labute approximate surface area is 77.1 Å². The number of aliphatic hydroxyl groups is 1. The minimum absolute atomic E-state index is 0.267. The first kappa shape index (κ1) is 10.2. The van der Waals surface area contributed by atoms with Crippen LogP contribution in [0.1, 0.15) is 11.7 Å². The van der Waals surface area contributed by atoms with Gasteiger partial charge in [0.15, 0.2) is 0 Å². The van der Waals surface area contributed by atoms with Crippen molar-refractivity contribution in [3.63, 3.8) is 0 Å². The van der Waals surface area contributed by atoms with Crippen LogP contribution in [0.2, 0.25) is 0 Å². The molecular formula is C9H14O4. The lowest BCUT2D eigenvalue weighted by atomic mass is 10.2. The average Bonchev–Trinajstić information content (AvgIpc) is 2.65. The summed E-state index contributed by atoms with van der Waals surface area (Å²) >= 11 is 0. The van der Waals surface area contributed by atoms with Crippen molar-refractivity contribution in [2.24, 2.45) is 0 Å². The van der Waals surface area contributed by atoms with Crippen molar-refractivity contribution in [3.05, 3.63) is 24.2 Å². The van der Waals surface area contributed by atoms with Crippen molar-refractivity contribution in [1.82, 2.24) is 0 Å². The number of hydrogen-bond acceptors (Lipinski definition) is 4. The number of aliphatic hydroxyl groups excluding tert-OH is 1. The van der Waals surface area contributed by atoms with E-state index in [0.29, 0.717) is 13.2 Å². The van der Waals surface area contributed by atoms with Gasteiger partial charge < -0.3 is 19.0 Å². The highest BCUT2D eigenvalue weighted by Crippen LogP contribution is 2.12. The zero-order valence-corrected chi connectivity index (χ0v) is 7.60. The van der Waals surface area contributed by atoms with Crippen LogP contribution >= 0.6 is 0 Å². The van der Waals surface area contributed by atoms with Crippen molar-refractivity contribution in [3.8, 4) is 0 Å². The van der Waals surface area contributed by atoms with Crippen molar-refractivity contribution in [1.29, 1.82) is 0 Å². The second-order valence-electron chi connectivity index (χ2n) is 2.64. The fourth-order valence-electron chi connectivity index (χ4n) is 0.898. The average molecular weight is 186 g/mol. The van der Waals surface area contributed by atoms with Gasteiger partial charge in [0.1, 0.15) is 6.10 Å². The molecule has 13 heavy (non-hydrogen) atoms. The predicted molar refractivity (Wildman–Crippen MR) is 46.4 cm³/mol. The summed E-state index contributed by atoms with van der Waals surface area (Å²) in [6.07, 6.45) is 2.41. The molecule has 0 fully saturated rings. The number of ether oxygens (including phenoxy) is 2. The summed E-state index contributed by atoms with van der Waals surface area (Å²) in [5, 5.41) is 9.48. The molecule has 1 rings (SSSR count). The predicted octanol–water partition coefficient (Wildman–Crippen LogP) is 0.976. The number of methoxy groups -OCH3 is 1. The maximum atomic E-state index is 9.48. The molecule has 1 unspecified atom stereocenters. The summed E-state index contributed by atoms with van der Waals surface area (Å²) < 4.78 is 14.8. The highest BCUT2D eigenvalue weighted by atomic mass is 16.5. The van der Waals surface area contributed by atoms with Crippen molar-refractivity contribution in [2.45, 2.75) is 6.10 Å². The van der Waals surface area contributed by atoms with E-state index in [1.807, 2.05) is 0 Å². The largest absolute Gasteiger partial charge is 0.472 e. The maximum Gasteiger partial charge on any atom is 0.105 e.